The molecule has 27 heavy (non-hydrogen) atoms. The van der Waals surface area contributed by atoms with Gasteiger partial charge in [0.2, 0.25) is 5.95 Å². The molecule has 0 bridgehead atoms. The summed E-state index contributed by atoms with van der Waals surface area (Å²) in [7, 11) is 0. The van der Waals surface area contributed by atoms with Crippen LogP contribution in [0.3, 0.4) is 0 Å². The van der Waals surface area contributed by atoms with E-state index in [4.69, 9.17) is 11.5 Å². The number of aromatic nitrogens is 2. The van der Waals surface area contributed by atoms with Crippen molar-refractivity contribution in [1.29, 1.82) is 0 Å². The molecule has 1 aromatic carbocycles. The first kappa shape index (κ1) is 18.0. The monoisotopic (exact) mass is 366 g/mol. The molecule has 0 radical (unpaired) electrons. The molecule has 2 fully saturated rings. The molecule has 3 heterocycles. The molecule has 6 nitrogen and oxygen atoms in total. The van der Waals surface area contributed by atoms with Gasteiger partial charge in [-0.15, -0.1) is 0 Å². The van der Waals surface area contributed by atoms with E-state index < -0.39 is 0 Å². The number of anilines is 3. The first-order valence-corrected chi connectivity index (χ1v) is 9.99. The average molecular weight is 367 g/mol. The van der Waals surface area contributed by atoms with Gasteiger partial charge in [0.25, 0.3) is 0 Å². The Bertz CT molecular complexity index is 749. The minimum absolute atomic E-state index is 0.254. The Hall–Kier alpha value is -2.34. The maximum atomic E-state index is 5.86. The first-order valence-electron chi connectivity index (χ1n) is 9.99. The number of piperidine rings is 2. The van der Waals surface area contributed by atoms with Crippen molar-refractivity contribution in [2.45, 2.75) is 32.1 Å². The minimum Gasteiger partial charge on any atom is -0.383 e. The predicted octanol–water partition coefficient (Wildman–Crippen LogP) is 2.74. The van der Waals surface area contributed by atoms with Crippen LogP contribution in [0.15, 0.2) is 36.4 Å². The Morgan fingerprint density at radius 2 is 1.85 bits per heavy atom. The van der Waals surface area contributed by atoms with E-state index in [0.717, 1.165) is 25.5 Å². The van der Waals surface area contributed by atoms with Gasteiger partial charge in [-0.25, -0.2) is 0 Å². The molecule has 0 aliphatic carbocycles. The number of nitrogen functional groups attached to an aromatic ring is 2. The van der Waals surface area contributed by atoms with Crippen molar-refractivity contribution < 1.29 is 0 Å². The highest BCUT2D eigenvalue weighted by atomic mass is 15.2. The SMILES string of the molecule is CCN1C[C@H](c2ccccc2)CC2(CCN(c3cc(N)nc(N)n3)CC2)C1. The van der Waals surface area contributed by atoms with Crippen LogP contribution in [0.1, 0.15) is 37.7 Å². The third kappa shape index (κ3) is 3.86. The number of nitrogens with two attached hydrogens (primary N) is 2. The number of hydrogen-bond donors (Lipinski definition) is 2. The third-order valence-electron chi connectivity index (χ3n) is 6.33. The highest BCUT2D eigenvalue weighted by molar-refractivity contribution is 5.50. The van der Waals surface area contributed by atoms with E-state index in [1.165, 1.54) is 37.9 Å². The van der Waals surface area contributed by atoms with Crippen molar-refractivity contribution in [2.75, 3.05) is 49.1 Å². The minimum atomic E-state index is 0.254. The van der Waals surface area contributed by atoms with Gasteiger partial charge in [0.05, 0.1) is 0 Å². The molecule has 0 amide bonds. The van der Waals surface area contributed by atoms with Gasteiger partial charge in [0.15, 0.2) is 0 Å². The Kier molecular flexibility index (Phi) is 4.91. The molecule has 2 aliphatic rings. The van der Waals surface area contributed by atoms with Crippen molar-refractivity contribution in [3.05, 3.63) is 42.0 Å². The molecule has 0 unspecified atom stereocenters. The average Bonchev–Trinajstić information content (AvgIpc) is 2.68. The summed E-state index contributed by atoms with van der Waals surface area (Å²) < 4.78 is 0. The van der Waals surface area contributed by atoms with Gasteiger partial charge in [-0.2, -0.15) is 9.97 Å². The van der Waals surface area contributed by atoms with Crippen molar-refractivity contribution in [2.24, 2.45) is 5.41 Å². The van der Waals surface area contributed by atoms with E-state index in [2.05, 4.69) is 57.0 Å². The van der Waals surface area contributed by atoms with Gasteiger partial charge < -0.3 is 21.3 Å². The zero-order chi connectivity index (χ0) is 18.9. The van der Waals surface area contributed by atoms with Gasteiger partial charge in [-0.1, -0.05) is 37.3 Å². The predicted molar refractivity (Wildman–Crippen MR) is 111 cm³/mol. The highest BCUT2D eigenvalue weighted by Gasteiger charge is 2.42. The molecule has 2 saturated heterocycles. The number of nitrogens with zero attached hydrogens (tertiary/aromatic N) is 4. The van der Waals surface area contributed by atoms with Crippen LogP contribution >= 0.6 is 0 Å². The summed E-state index contributed by atoms with van der Waals surface area (Å²) in [6.45, 7) is 7.76. The summed E-state index contributed by atoms with van der Waals surface area (Å²) in [6, 6.07) is 12.9. The number of benzene rings is 1. The first-order chi connectivity index (χ1) is 13.1. The topological polar surface area (TPSA) is 84.3 Å². The summed E-state index contributed by atoms with van der Waals surface area (Å²) in [6.07, 6.45) is 3.63. The van der Waals surface area contributed by atoms with E-state index in [9.17, 15) is 0 Å². The number of rotatable bonds is 3. The van der Waals surface area contributed by atoms with Gasteiger partial charge in [0.1, 0.15) is 11.6 Å². The van der Waals surface area contributed by atoms with Crippen molar-refractivity contribution in [3.63, 3.8) is 0 Å². The molecule has 1 spiro atoms. The summed E-state index contributed by atoms with van der Waals surface area (Å²) in [5.74, 6) is 2.18. The quantitative estimate of drug-likeness (QED) is 0.869. The van der Waals surface area contributed by atoms with Gasteiger partial charge in [-0.05, 0) is 42.7 Å². The van der Waals surface area contributed by atoms with Crippen LogP contribution in [0, 0.1) is 5.41 Å². The maximum Gasteiger partial charge on any atom is 0.223 e. The van der Waals surface area contributed by atoms with Crippen LogP contribution in [-0.4, -0.2) is 47.6 Å². The third-order valence-corrected chi connectivity index (χ3v) is 6.33. The molecular weight excluding hydrogens is 336 g/mol. The van der Waals surface area contributed by atoms with Gasteiger partial charge in [-0.3, -0.25) is 0 Å². The second-order valence-corrected chi connectivity index (χ2v) is 8.14. The summed E-state index contributed by atoms with van der Waals surface area (Å²) in [5, 5.41) is 0. The van der Waals surface area contributed by atoms with Crippen LogP contribution in [-0.2, 0) is 0 Å². The number of likely N-dealkylation sites (N-methyl/N-ethyl adjacent to an activating group) is 1. The Balaban J connectivity index is 1.50. The molecule has 6 heteroatoms. The fourth-order valence-corrected chi connectivity index (χ4v) is 4.90. The van der Waals surface area contributed by atoms with Gasteiger partial charge >= 0.3 is 0 Å². The molecule has 1 atom stereocenters. The zero-order valence-corrected chi connectivity index (χ0v) is 16.1. The lowest BCUT2D eigenvalue weighted by Gasteiger charge is -2.50. The number of likely N-dealkylation sites (tertiary alicyclic amines) is 1. The zero-order valence-electron chi connectivity index (χ0n) is 16.1. The molecule has 144 valence electrons. The molecule has 1 aromatic heterocycles. The lowest BCUT2D eigenvalue weighted by Crippen LogP contribution is -2.51. The van der Waals surface area contributed by atoms with E-state index in [1.807, 2.05) is 6.07 Å². The molecular formula is C21H30N6. The second kappa shape index (κ2) is 7.35. The van der Waals surface area contributed by atoms with Crippen molar-refractivity contribution in [1.82, 2.24) is 14.9 Å². The van der Waals surface area contributed by atoms with E-state index in [1.54, 1.807) is 0 Å². The fraction of sp³-hybridized carbons (Fsp3) is 0.524. The highest BCUT2D eigenvalue weighted by Crippen LogP contribution is 2.45. The van der Waals surface area contributed by atoms with Crippen molar-refractivity contribution >= 4 is 17.6 Å². The maximum absolute atomic E-state index is 5.86. The van der Waals surface area contributed by atoms with Crippen LogP contribution < -0.4 is 16.4 Å². The lowest BCUT2D eigenvalue weighted by atomic mass is 9.68. The largest absolute Gasteiger partial charge is 0.383 e. The summed E-state index contributed by atoms with van der Waals surface area (Å²) in [5.41, 5.74) is 13.5. The summed E-state index contributed by atoms with van der Waals surface area (Å²) >= 11 is 0. The van der Waals surface area contributed by atoms with Crippen molar-refractivity contribution in [3.8, 4) is 0 Å². The second-order valence-electron chi connectivity index (χ2n) is 8.14. The molecule has 0 saturated carbocycles. The Labute approximate surface area is 161 Å². The van der Waals surface area contributed by atoms with Gasteiger partial charge in [0, 0.05) is 32.2 Å². The summed E-state index contributed by atoms with van der Waals surface area (Å²) in [4.78, 5) is 13.3. The van der Waals surface area contributed by atoms with Crippen LogP contribution in [0.2, 0.25) is 0 Å². The molecule has 2 aromatic rings. The molecule has 2 aliphatic heterocycles. The normalized spacial score (nSPS) is 22.9. The van der Waals surface area contributed by atoms with E-state index >= 15 is 0 Å². The Morgan fingerprint density at radius 1 is 1.11 bits per heavy atom. The van der Waals surface area contributed by atoms with Crippen LogP contribution in [0.4, 0.5) is 17.6 Å². The fourth-order valence-electron chi connectivity index (χ4n) is 4.90. The van der Waals surface area contributed by atoms with E-state index in [0.29, 0.717) is 17.2 Å². The lowest BCUT2D eigenvalue weighted by molar-refractivity contribution is 0.0543. The Morgan fingerprint density at radius 3 is 2.52 bits per heavy atom. The molecule has 4 N–H and O–H groups in total. The smallest absolute Gasteiger partial charge is 0.223 e. The number of hydrogen-bond acceptors (Lipinski definition) is 6. The van der Waals surface area contributed by atoms with Crippen LogP contribution in [0.25, 0.3) is 0 Å². The van der Waals surface area contributed by atoms with E-state index in [-0.39, 0.29) is 5.95 Å². The van der Waals surface area contributed by atoms with Crippen LogP contribution in [0.5, 0.6) is 0 Å². The standard InChI is InChI=1S/C21H30N6/c1-2-26-14-17(16-6-4-3-5-7-16)13-21(15-26)8-10-27(11-9-21)19-12-18(22)24-20(23)25-19/h3-7,12,17H,2,8-11,13-15H2,1H3,(H4,22,23,24,25)/t17-/m1/s1. The molecule has 4 rings (SSSR count).